The van der Waals surface area contributed by atoms with E-state index >= 15 is 0 Å². The fourth-order valence-corrected chi connectivity index (χ4v) is 2.29. The zero-order chi connectivity index (χ0) is 14.3. The van der Waals surface area contributed by atoms with E-state index in [2.05, 4.69) is 25.3 Å². The first-order valence-electron chi connectivity index (χ1n) is 6.83. The molecular formula is C15H26N2O2. The molecule has 2 atom stereocenters. The van der Waals surface area contributed by atoms with Crippen molar-refractivity contribution in [3.8, 4) is 5.75 Å². The molecule has 19 heavy (non-hydrogen) atoms. The molecule has 0 saturated carbocycles. The van der Waals surface area contributed by atoms with Crippen LogP contribution in [0.3, 0.4) is 0 Å². The quantitative estimate of drug-likeness (QED) is 0.559. The van der Waals surface area contributed by atoms with Crippen molar-refractivity contribution in [2.45, 2.75) is 39.3 Å². The molecule has 0 aliphatic heterocycles. The molecule has 3 N–H and O–H groups in total. The number of hydrogen-bond donors (Lipinski definition) is 2. The topological polar surface area (TPSA) is 56.5 Å². The maximum Gasteiger partial charge on any atom is 0.119 e. The Morgan fingerprint density at radius 2 is 2.05 bits per heavy atom. The van der Waals surface area contributed by atoms with Gasteiger partial charge in [0.2, 0.25) is 0 Å². The van der Waals surface area contributed by atoms with E-state index in [1.807, 2.05) is 25.1 Å². The molecule has 1 rings (SSSR count). The van der Waals surface area contributed by atoms with Crippen molar-refractivity contribution in [3.05, 3.63) is 29.8 Å². The maximum atomic E-state index is 5.81. The highest BCUT2D eigenvalue weighted by molar-refractivity contribution is 5.29. The average Bonchev–Trinajstić information content (AvgIpc) is 2.42. The fourth-order valence-electron chi connectivity index (χ4n) is 2.29. The molecule has 0 aliphatic rings. The van der Waals surface area contributed by atoms with E-state index < -0.39 is 0 Å². The average molecular weight is 266 g/mol. The zero-order valence-corrected chi connectivity index (χ0v) is 12.3. The largest absolute Gasteiger partial charge is 0.497 e. The molecule has 1 aromatic carbocycles. The molecule has 0 saturated heterocycles. The van der Waals surface area contributed by atoms with Gasteiger partial charge in [0.05, 0.1) is 19.3 Å². The zero-order valence-electron chi connectivity index (χ0n) is 12.3. The summed E-state index contributed by atoms with van der Waals surface area (Å²) < 4.78 is 11.1. The molecule has 4 nitrogen and oxygen atoms in total. The van der Waals surface area contributed by atoms with Crippen LogP contribution in [0.1, 0.15) is 26.3 Å². The Morgan fingerprint density at radius 3 is 2.58 bits per heavy atom. The van der Waals surface area contributed by atoms with E-state index in [-0.39, 0.29) is 12.1 Å². The summed E-state index contributed by atoms with van der Waals surface area (Å²) in [6.45, 7) is 7.00. The van der Waals surface area contributed by atoms with Crippen molar-refractivity contribution < 1.29 is 9.47 Å². The molecular weight excluding hydrogens is 240 g/mol. The van der Waals surface area contributed by atoms with Crippen LogP contribution in [0.4, 0.5) is 0 Å². The van der Waals surface area contributed by atoms with Gasteiger partial charge in [0, 0.05) is 6.61 Å². The number of hydrazine groups is 1. The number of rotatable bonds is 8. The third-order valence-electron chi connectivity index (χ3n) is 3.22. The number of benzene rings is 1. The summed E-state index contributed by atoms with van der Waals surface area (Å²) in [7, 11) is 1.68. The van der Waals surface area contributed by atoms with Crippen molar-refractivity contribution in [1.82, 2.24) is 5.43 Å². The summed E-state index contributed by atoms with van der Waals surface area (Å²) >= 11 is 0. The number of nitrogens with one attached hydrogen (secondary N) is 1. The van der Waals surface area contributed by atoms with Crippen LogP contribution >= 0.6 is 0 Å². The summed E-state index contributed by atoms with van der Waals surface area (Å²) in [6, 6.07) is 8.14. The van der Waals surface area contributed by atoms with Gasteiger partial charge in [0.15, 0.2) is 0 Å². The molecule has 0 aromatic heterocycles. The van der Waals surface area contributed by atoms with Crippen LogP contribution in [0.5, 0.6) is 5.75 Å². The van der Waals surface area contributed by atoms with Crippen LogP contribution in [-0.2, 0) is 11.2 Å². The lowest BCUT2D eigenvalue weighted by atomic mass is 9.94. The number of ether oxygens (including phenoxy) is 2. The van der Waals surface area contributed by atoms with Crippen LogP contribution in [0.15, 0.2) is 24.3 Å². The molecule has 0 heterocycles. The van der Waals surface area contributed by atoms with Gasteiger partial charge in [-0.3, -0.25) is 11.3 Å². The van der Waals surface area contributed by atoms with Gasteiger partial charge in [-0.2, -0.15) is 0 Å². The van der Waals surface area contributed by atoms with Gasteiger partial charge < -0.3 is 9.47 Å². The molecule has 1 aromatic rings. The van der Waals surface area contributed by atoms with Gasteiger partial charge in [-0.05, 0) is 37.0 Å². The monoisotopic (exact) mass is 266 g/mol. The fraction of sp³-hybridized carbons (Fsp3) is 0.600. The van der Waals surface area contributed by atoms with Crippen LogP contribution in [-0.4, -0.2) is 25.9 Å². The van der Waals surface area contributed by atoms with Crippen molar-refractivity contribution in [1.29, 1.82) is 0 Å². The van der Waals surface area contributed by atoms with Crippen LogP contribution in [0.25, 0.3) is 0 Å². The van der Waals surface area contributed by atoms with Gasteiger partial charge in [-0.25, -0.2) is 0 Å². The lowest BCUT2D eigenvalue weighted by molar-refractivity contribution is 0.00355. The Morgan fingerprint density at radius 1 is 1.32 bits per heavy atom. The number of methoxy groups -OCH3 is 1. The minimum absolute atomic E-state index is 0.0899. The van der Waals surface area contributed by atoms with Crippen LogP contribution in [0.2, 0.25) is 0 Å². The normalized spacial score (nSPS) is 14.4. The Kier molecular flexibility index (Phi) is 6.84. The van der Waals surface area contributed by atoms with E-state index in [0.29, 0.717) is 12.5 Å². The SMILES string of the molecule is CCOC(C(C)C)C(Cc1cccc(OC)c1)NN. The smallest absolute Gasteiger partial charge is 0.119 e. The molecule has 2 unspecified atom stereocenters. The van der Waals surface area contributed by atoms with Gasteiger partial charge in [-0.1, -0.05) is 26.0 Å². The second-order valence-electron chi connectivity index (χ2n) is 4.99. The van der Waals surface area contributed by atoms with Crippen LogP contribution < -0.4 is 16.0 Å². The van der Waals surface area contributed by atoms with E-state index in [9.17, 15) is 0 Å². The molecule has 0 radical (unpaired) electrons. The Hall–Kier alpha value is -1.10. The lowest BCUT2D eigenvalue weighted by Gasteiger charge is -2.29. The van der Waals surface area contributed by atoms with Crippen molar-refractivity contribution in [3.63, 3.8) is 0 Å². The second-order valence-corrected chi connectivity index (χ2v) is 4.99. The Balaban J connectivity index is 2.78. The highest BCUT2D eigenvalue weighted by atomic mass is 16.5. The molecule has 0 bridgehead atoms. The Bertz CT molecular complexity index is 369. The number of hydrogen-bond acceptors (Lipinski definition) is 4. The summed E-state index contributed by atoms with van der Waals surface area (Å²) in [5, 5.41) is 0. The molecule has 108 valence electrons. The third kappa shape index (κ3) is 4.82. The third-order valence-corrected chi connectivity index (χ3v) is 3.22. The molecule has 0 fully saturated rings. The first-order valence-corrected chi connectivity index (χ1v) is 6.83. The second kappa shape index (κ2) is 8.15. The molecule has 4 heteroatoms. The predicted molar refractivity (Wildman–Crippen MR) is 78.1 cm³/mol. The standard InChI is InChI=1S/C15H26N2O2/c1-5-19-15(11(2)3)14(17-16)10-12-7-6-8-13(9-12)18-4/h6-9,11,14-15,17H,5,10,16H2,1-4H3. The maximum absolute atomic E-state index is 5.81. The van der Waals surface area contributed by atoms with E-state index in [0.717, 1.165) is 12.2 Å². The molecule has 0 aliphatic carbocycles. The highest BCUT2D eigenvalue weighted by Crippen LogP contribution is 2.18. The minimum atomic E-state index is 0.0899. The van der Waals surface area contributed by atoms with Crippen molar-refractivity contribution in [2.75, 3.05) is 13.7 Å². The van der Waals surface area contributed by atoms with E-state index in [1.54, 1.807) is 7.11 Å². The summed E-state index contributed by atoms with van der Waals surface area (Å²) in [5.41, 5.74) is 4.08. The Labute approximate surface area is 116 Å². The van der Waals surface area contributed by atoms with Crippen LogP contribution in [0, 0.1) is 5.92 Å². The molecule has 0 amide bonds. The lowest BCUT2D eigenvalue weighted by Crippen LogP contribution is -2.48. The van der Waals surface area contributed by atoms with E-state index in [4.69, 9.17) is 15.3 Å². The summed E-state index contributed by atoms with van der Waals surface area (Å²) in [6.07, 6.45) is 0.914. The van der Waals surface area contributed by atoms with E-state index in [1.165, 1.54) is 5.56 Å². The minimum Gasteiger partial charge on any atom is -0.497 e. The van der Waals surface area contributed by atoms with Gasteiger partial charge in [-0.15, -0.1) is 0 Å². The van der Waals surface area contributed by atoms with Crippen molar-refractivity contribution in [2.24, 2.45) is 11.8 Å². The summed E-state index contributed by atoms with van der Waals surface area (Å²) in [4.78, 5) is 0. The van der Waals surface area contributed by atoms with Gasteiger partial charge in [0.25, 0.3) is 0 Å². The number of nitrogens with two attached hydrogens (primary N) is 1. The van der Waals surface area contributed by atoms with Gasteiger partial charge in [0.1, 0.15) is 5.75 Å². The highest BCUT2D eigenvalue weighted by Gasteiger charge is 2.24. The predicted octanol–water partition coefficient (Wildman–Crippen LogP) is 2.13. The molecule has 0 spiro atoms. The summed E-state index contributed by atoms with van der Waals surface area (Å²) in [5.74, 6) is 6.97. The van der Waals surface area contributed by atoms with Crippen molar-refractivity contribution >= 4 is 0 Å². The van der Waals surface area contributed by atoms with Gasteiger partial charge >= 0.3 is 0 Å². The first-order chi connectivity index (χ1) is 9.12. The first kappa shape index (κ1) is 16.0.